The first-order valence-corrected chi connectivity index (χ1v) is 7.48. The number of benzene rings is 1. The minimum absolute atomic E-state index is 0.166. The second-order valence-electron chi connectivity index (χ2n) is 5.74. The number of nitrogens with zero attached hydrogens (tertiary/aromatic N) is 2. The molecule has 3 rings (SSSR count). The SMILES string of the molecule is CC1CN2CCCCC2CN1c1cc(Cl)ccc1F. The Labute approximate surface area is 119 Å². The van der Waals surface area contributed by atoms with Crippen LogP contribution in [0.2, 0.25) is 5.02 Å². The molecule has 0 spiro atoms. The Balaban J connectivity index is 1.85. The van der Waals surface area contributed by atoms with Crippen molar-refractivity contribution in [2.45, 2.75) is 38.3 Å². The molecule has 0 saturated carbocycles. The van der Waals surface area contributed by atoms with Crippen molar-refractivity contribution in [1.82, 2.24) is 4.90 Å². The summed E-state index contributed by atoms with van der Waals surface area (Å²) in [5, 5.41) is 0.606. The van der Waals surface area contributed by atoms with Crippen LogP contribution in [0.4, 0.5) is 10.1 Å². The number of fused-ring (bicyclic) bond motifs is 1. The normalized spacial score (nSPS) is 28.3. The third-order valence-electron chi connectivity index (χ3n) is 4.40. The predicted octanol–water partition coefficient (Wildman–Crippen LogP) is 3.54. The van der Waals surface area contributed by atoms with Crippen LogP contribution in [-0.2, 0) is 0 Å². The Morgan fingerprint density at radius 2 is 2.11 bits per heavy atom. The molecule has 0 bridgehead atoms. The second-order valence-corrected chi connectivity index (χ2v) is 6.18. The number of hydrogen-bond acceptors (Lipinski definition) is 2. The minimum atomic E-state index is -0.166. The molecule has 2 fully saturated rings. The lowest BCUT2D eigenvalue weighted by molar-refractivity contribution is 0.115. The van der Waals surface area contributed by atoms with E-state index in [1.165, 1.54) is 31.9 Å². The Morgan fingerprint density at radius 3 is 2.95 bits per heavy atom. The number of anilines is 1. The van der Waals surface area contributed by atoms with E-state index in [2.05, 4.69) is 16.7 Å². The minimum Gasteiger partial charge on any atom is -0.364 e. The highest BCUT2D eigenvalue weighted by atomic mass is 35.5. The zero-order chi connectivity index (χ0) is 13.4. The van der Waals surface area contributed by atoms with E-state index < -0.39 is 0 Å². The van der Waals surface area contributed by atoms with Gasteiger partial charge in [0.1, 0.15) is 5.82 Å². The molecule has 0 radical (unpaired) electrons. The molecule has 0 aromatic heterocycles. The van der Waals surface area contributed by atoms with E-state index in [4.69, 9.17) is 11.6 Å². The number of piperidine rings is 1. The second kappa shape index (κ2) is 5.29. The van der Waals surface area contributed by atoms with Crippen molar-refractivity contribution in [3.8, 4) is 0 Å². The summed E-state index contributed by atoms with van der Waals surface area (Å²) in [6.07, 6.45) is 3.82. The number of piperazine rings is 1. The standard InChI is InChI=1S/C15H20ClFN2/c1-11-9-18-7-3-2-4-13(18)10-19(11)15-8-12(16)5-6-14(15)17/h5-6,8,11,13H,2-4,7,9-10H2,1H3. The first-order valence-electron chi connectivity index (χ1n) is 7.11. The van der Waals surface area contributed by atoms with Crippen LogP contribution >= 0.6 is 11.6 Å². The van der Waals surface area contributed by atoms with E-state index in [1.807, 2.05) is 0 Å². The van der Waals surface area contributed by atoms with Crippen LogP contribution in [0.15, 0.2) is 18.2 Å². The number of hydrogen-bond donors (Lipinski definition) is 0. The van der Waals surface area contributed by atoms with Crippen molar-refractivity contribution in [3.05, 3.63) is 29.0 Å². The predicted molar refractivity (Wildman–Crippen MR) is 77.4 cm³/mol. The Morgan fingerprint density at radius 1 is 1.26 bits per heavy atom. The molecule has 4 heteroatoms. The molecule has 2 aliphatic heterocycles. The van der Waals surface area contributed by atoms with Crippen LogP contribution in [0, 0.1) is 5.82 Å². The molecule has 0 N–H and O–H groups in total. The van der Waals surface area contributed by atoms with Gasteiger partial charge in [0.15, 0.2) is 0 Å². The van der Waals surface area contributed by atoms with Gasteiger partial charge in [-0.1, -0.05) is 18.0 Å². The summed E-state index contributed by atoms with van der Waals surface area (Å²) in [5.41, 5.74) is 0.658. The fraction of sp³-hybridized carbons (Fsp3) is 0.600. The molecule has 2 atom stereocenters. The lowest BCUT2D eigenvalue weighted by Crippen LogP contribution is -2.59. The average molecular weight is 283 g/mol. The van der Waals surface area contributed by atoms with Crippen LogP contribution in [0.1, 0.15) is 26.2 Å². The van der Waals surface area contributed by atoms with Gasteiger partial charge in [0.25, 0.3) is 0 Å². The maximum Gasteiger partial charge on any atom is 0.146 e. The van der Waals surface area contributed by atoms with Crippen molar-refractivity contribution in [2.24, 2.45) is 0 Å². The quantitative estimate of drug-likeness (QED) is 0.777. The molecule has 2 saturated heterocycles. The summed E-state index contributed by atoms with van der Waals surface area (Å²) >= 11 is 6.02. The fourth-order valence-corrected chi connectivity index (χ4v) is 3.56. The van der Waals surface area contributed by atoms with Crippen LogP contribution in [0.3, 0.4) is 0 Å². The maximum atomic E-state index is 14.0. The molecule has 19 heavy (non-hydrogen) atoms. The van der Waals surface area contributed by atoms with Crippen LogP contribution in [-0.4, -0.2) is 36.6 Å². The molecule has 1 aromatic carbocycles. The summed E-state index contributed by atoms with van der Waals surface area (Å²) in [7, 11) is 0. The molecule has 104 valence electrons. The van der Waals surface area contributed by atoms with Crippen LogP contribution < -0.4 is 4.90 Å². The monoisotopic (exact) mass is 282 g/mol. The van der Waals surface area contributed by atoms with Crippen LogP contribution in [0.5, 0.6) is 0 Å². The first-order chi connectivity index (χ1) is 9.15. The van der Waals surface area contributed by atoms with Crippen molar-refractivity contribution in [2.75, 3.05) is 24.5 Å². The molecule has 2 nitrogen and oxygen atoms in total. The van der Waals surface area contributed by atoms with E-state index in [1.54, 1.807) is 12.1 Å². The van der Waals surface area contributed by atoms with Crippen LogP contribution in [0.25, 0.3) is 0 Å². The van der Waals surface area contributed by atoms with Gasteiger partial charge in [-0.05, 0) is 44.5 Å². The highest BCUT2D eigenvalue weighted by molar-refractivity contribution is 6.30. The highest BCUT2D eigenvalue weighted by Gasteiger charge is 2.33. The maximum absolute atomic E-state index is 14.0. The van der Waals surface area contributed by atoms with Gasteiger partial charge in [0.05, 0.1) is 5.69 Å². The zero-order valence-corrected chi connectivity index (χ0v) is 12.0. The van der Waals surface area contributed by atoms with Gasteiger partial charge < -0.3 is 4.90 Å². The van der Waals surface area contributed by atoms with Gasteiger partial charge >= 0.3 is 0 Å². The molecular formula is C15H20ClFN2. The van der Waals surface area contributed by atoms with Gasteiger partial charge in [-0.3, -0.25) is 4.90 Å². The van der Waals surface area contributed by atoms with Gasteiger partial charge in [-0.2, -0.15) is 0 Å². The summed E-state index contributed by atoms with van der Waals surface area (Å²) < 4.78 is 14.0. The Bertz CT molecular complexity index is 465. The molecular weight excluding hydrogens is 263 g/mol. The summed E-state index contributed by atoms with van der Waals surface area (Å²) in [6, 6.07) is 5.75. The lowest BCUT2D eigenvalue weighted by Gasteiger charge is -2.48. The van der Waals surface area contributed by atoms with E-state index >= 15 is 0 Å². The zero-order valence-electron chi connectivity index (χ0n) is 11.3. The molecule has 1 aromatic rings. The van der Waals surface area contributed by atoms with Crippen molar-refractivity contribution in [1.29, 1.82) is 0 Å². The molecule has 2 aliphatic rings. The Hall–Kier alpha value is -0.800. The van der Waals surface area contributed by atoms with E-state index in [9.17, 15) is 4.39 Å². The number of rotatable bonds is 1. The highest BCUT2D eigenvalue weighted by Crippen LogP contribution is 2.31. The average Bonchev–Trinajstić information content (AvgIpc) is 2.41. The molecule has 2 unspecified atom stereocenters. The molecule has 2 heterocycles. The Kier molecular flexibility index (Phi) is 3.68. The summed E-state index contributed by atoms with van der Waals surface area (Å²) in [4.78, 5) is 4.75. The largest absolute Gasteiger partial charge is 0.364 e. The molecule has 0 aliphatic carbocycles. The fourth-order valence-electron chi connectivity index (χ4n) is 3.39. The van der Waals surface area contributed by atoms with Crippen molar-refractivity contribution >= 4 is 17.3 Å². The molecule has 0 amide bonds. The number of halogens is 2. The first kappa shape index (κ1) is 13.2. The summed E-state index contributed by atoms with van der Waals surface area (Å²) in [5.74, 6) is -0.166. The van der Waals surface area contributed by atoms with E-state index in [-0.39, 0.29) is 5.82 Å². The van der Waals surface area contributed by atoms with Gasteiger partial charge in [0, 0.05) is 30.2 Å². The third kappa shape index (κ3) is 2.59. The van der Waals surface area contributed by atoms with Gasteiger partial charge in [0.2, 0.25) is 0 Å². The summed E-state index contributed by atoms with van der Waals surface area (Å²) in [6.45, 7) is 5.31. The van der Waals surface area contributed by atoms with E-state index in [0.29, 0.717) is 22.8 Å². The van der Waals surface area contributed by atoms with Crippen molar-refractivity contribution < 1.29 is 4.39 Å². The van der Waals surface area contributed by atoms with Gasteiger partial charge in [-0.15, -0.1) is 0 Å². The topological polar surface area (TPSA) is 6.48 Å². The van der Waals surface area contributed by atoms with Crippen molar-refractivity contribution in [3.63, 3.8) is 0 Å². The smallest absolute Gasteiger partial charge is 0.146 e. The van der Waals surface area contributed by atoms with E-state index in [0.717, 1.165) is 13.1 Å². The third-order valence-corrected chi connectivity index (χ3v) is 4.64. The van der Waals surface area contributed by atoms with Gasteiger partial charge in [-0.25, -0.2) is 4.39 Å². The lowest BCUT2D eigenvalue weighted by atomic mass is 9.96.